The SMILES string of the molecule is COCCNC(=O)C(C)NC(=O)CC(C)CN. The third kappa shape index (κ3) is 7.70. The molecule has 0 saturated carbocycles. The van der Waals surface area contributed by atoms with Crippen molar-refractivity contribution in [2.75, 3.05) is 26.8 Å². The van der Waals surface area contributed by atoms with Gasteiger partial charge in [-0.05, 0) is 19.4 Å². The minimum atomic E-state index is -0.538. The Labute approximate surface area is 102 Å². The van der Waals surface area contributed by atoms with Gasteiger partial charge in [-0.2, -0.15) is 0 Å². The van der Waals surface area contributed by atoms with Crippen LogP contribution in [0.2, 0.25) is 0 Å². The van der Waals surface area contributed by atoms with E-state index in [2.05, 4.69) is 10.6 Å². The van der Waals surface area contributed by atoms with Gasteiger partial charge in [-0.15, -0.1) is 0 Å². The highest BCUT2D eigenvalue weighted by Gasteiger charge is 2.16. The average molecular weight is 245 g/mol. The molecule has 0 spiro atoms. The lowest BCUT2D eigenvalue weighted by Gasteiger charge is -2.15. The van der Waals surface area contributed by atoms with Crippen molar-refractivity contribution in [3.8, 4) is 0 Å². The Kier molecular flexibility index (Phi) is 8.35. The van der Waals surface area contributed by atoms with E-state index in [4.69, 9.17) is 10.5 Å². The van der Waals surface area contributed by atoms with Gasteiger partial charge in [-0.25, -0.2) is 0 Å². The van der Waals surface area contributed by atoms with E-state index in [0.717, 1.165) is 0 Å². The lowest BCUT2D eigenvalue weighted by atomic mass is 10.1. The van der Waals surface area contributed by atoms with Crippen molar-refractivity contribution in [2.24, 2.45) is 11.7 Å². The smallest absolute Gasteiger partial charge is 0.242 e. The Morgan fingerprint density at radius 1 is 1.35 bits per heavy atom. The van der Waals surface area contributed by atoms with Crippen LogP contribution >= 0.6 is 0 Å². The van der Waals surface area contributed by atoms with Crippen molar-refractivity contribution < 1.29 is 14.3 Å². The fraction of sp³-hybridized carbons (Fsp3) is 0.818. The highest BCUT2D eigenvalue weighted by atomic mass is 16.5. The summed E-state index contributed by atoms with van der Waals surface area (Å²) in [5, 5.41) is 5.28. The van der Waals surface area contributed by atoms with Crippen LogP contribution in [0.3, 0.4) is 0 Å². The quantitative estimate of drug-likeness (QED) is 0.490. The van der Waals surface area contributed by atoms with E-state index < -0.39 is 6.04 Å². The second-order valence-electron chi connectivity index (χ2n) is 4.12. The second kappa shape index (κ2) is 8.95. The predicted molar refractivity (Wildman–Crippen MR) is 65.3 cm³/mol. The summed E-state index contributed by atoms with van der Waals surface area (Å²) in [6.07, 6.45) is 0.339. The predicted octanol–water partition coefficient (Wildman–Crippen LogP) is -0.761. The van der Waals surface area contributed by atoms with E-state index in [1.165, 1.54) is 0 Å². The van der Waals surface area contributed by atoms with Gasteiger partial charge in [0.2, 0.25) is 11.8 Å². The van der Waals surface area contributed by atoms with Gasteiger partial charge >= 0.3 is 0 Å². The van der Waals surface area contributed by atoms with Crippen molar-refractivity contribution >= 4 is 11.8 Å². The van der Waals surface area contributed by atoms with Crippen LogP contribution in [0.25, 0.3) is 0 Å². The van der Waals surface area contributed by atoms with Crippen LogP contribution in [0, 0.1) is 5.92 Å². The Morgan fingerprint density at radius 2 is 2.00 bits per heavy atom. The molecule has 0 bridgehead atoms. The molecular weight excluding hydrogens is 222 g/mol. The summed E-state index contributed by atoms with van der Waals surface area (Å²) in [6, 6.07) is -0.538. The molecular formula is C11H23N3O3. The highest BCUT2D eigenvalue weighted by Crippen LogP contribution is 1.98. The third-order valence-electron chi connectivity index (χ3n) is 2.31. The monoisotopic (exact) mass is 245 g/mol. The van der Waals surface area contributed by atoms with Crippen LogP contribution in [0.4, 0.5) is 0 Å². The van der Waals surface area contributed by atoms with Gasteiger partial charge in [0, 0.05) is 20.1 Å². The summed E-state index contributed by atoms with van der Waals surface area (Å²) in [6.45, 7) is 4.89. The summed E-state index contributed by atoms with van der Waals surface area (Å²) in [4.78, 5) is 23.0. The summed E-state index contributed by atoms with van der Waals surface area (Å²) >= 11 is 0. The first-order valence-corrected chi connectivity index (χ1v) is 5.77. The van der Waals surface area contributed by atoms with Gasteiger partial charge in [-0.3, -0.25) is 9.59 Å². The average Bonchev–Trinajstić information content (AvgIpc) is 2.28. The fourth-order valence-corrected chi connectivity index (χ4v) is 1.20. The summed E-state index contributed by atoms with van der Waals surface area (Å²) < 4.78 is 4.80. The van der Waals surface area contributed by atoms with E-state index in [1.807, 2.05) is 6.92 Å². The molecule has 0 saturated heterocycles. The molecule has 0 aromatic carbocycles. The molecule has 17 heavy (non-hydrogen) atoms. The zero-order valence-electron chi connectivity index (χ0n) is 10.8. The van der Waals surface area contributed by atoms with Crippen LogP contribution in [-0.4, -0.2) is 44.7 Å². The molecule has 0 heterocycles. The van der Waals surface area contributed by atoms with Crippen LogP contribution in [-0.2, 0) is 14.3 Å². The van der Waals surface area contributed by atoms with Crippen molar-refractivity contribution in [3.05, 3.63) is 0 Å². The molecule has 6 nitrogen and oxygen atoms in total. The molecule has 6 heteroatoms. The number of hydrogen-bond donors (Lipinski definition) is 3. The molecule has 0 aliphatic heterocycles. The summed E-state index contributed by atoms with van der Waals surface area (Å²) in [5.74, 6) is -0.244. The number of amides is 2. The van der Waals surface area contributed by atoms with Crippen LogP contribution in [0.5, 0.6) is 0 Å². The van der Waals surface area contributed by atoms with E-state index >= 15 is 0 Å². The first kappa shape index (κ1) is 15.9. The van der Waals surface area contributed by atoms with E-state index in [1.54, 1.807) is 14.0 Å². The van der Waals surface area contributed by atoms with Crippen molar-refractivity contribution in [3.63, 3.8) is 0 Å². The molecule has 100 valence electrons. The zero-order valence-corrected chi connectivity index (χ0v) is 10.8. The molecule has 0 radical (unpaired) electrons. The Balaban J connectivity index is 3.86. The van der Waals surface area contributed by atoms with Gasteiger partial charge < -0.3 is 21.1 Å². The molecule has 0 fully saturated rings. The minimum Gasteiger partial charge on any atom is -0.383 e. The van der Waals surface area contributed by atoms with Gasteiger partial charge in [0.05, 0.1) is 6.61 Å². The molecule has 0 aromatic rings. The van der Waals surface area contributed by atoms with Crippen molar-refractivity contribution in [2.45, 2.75) is 26.3 Å². The maximum absolute atomic E-state index is 11.5. The molecule has 0 aliphatic rings. The normalized spacial score (nSPS) is 13.9. The van der Waals surface area contributed by atoms with Crippen LogP contribution < -0.4 is 16.4 Å². The number of carbonyl (C=O) groups is 2. The van der Waals surface area contributed by atoms with Gasteiger partial charge in [0.25, 0.3) is 0 Å². The van der Waals surface area contributed by atoms with Crippen molar-refractivity contribution in [1.29, 1.82) is 0 Å². The summed E-state index contributed by atoms with van der Waals surface area (Å²) in [5.41, 5.74) is 5.42. The highest BCUT2D eigenvalue weighted by molar-refractivity contribution is 5.87. The molecule has 0 aliphatic carbocycles. The first-order chi connectivity index (χ1) is 8.01. The molecule has 4 N–H and O–H groups in total. The second-order valence-corrected chi connectivity index (χ2v) is 4.12. The van der Waals surface area contributed by atoms with E-state index in [0.29, 0.717) is 26.1 Å². The summed E-state index contributed by atoms with van der Waals surface area (Å²) in [7, 11) is 1.56. The van der Waals surface area contributed by atoms with Gasteiger partial charge in [0.1, 0.15) is 6.04 Å². The van der Waals surface area contributed by atoms with E-state index in [9.17, 15) is 9.59 Å². The number of ether oxygens (including phenoxy) is 1. The van der Waals surface area contributed by atoms with E-state index in [-0.39, 0.29) is 17.7 Å². The van der Waals surface area contributed by atoms with Crippen LogP contribution in [0.1, 0.15) is 20.3 Å². The number of nitrogens with one attached hydrogen (secondary N) is 2. The largest absolute Gasteiger partial charge is 0.383 e. The van der Waals surface area contributed by atoms with Gasteiger partial charge in [0.15, 0.2) is 0 Å². The van der Waals surface area contributed by atoms with Crippen LogP contribution in [0.15, 0.2) is 0 Å². The Hall–Kier alpha value is -1.14. The lowest BCUT2D eigenvalue weighted by Crippen LogP contribution is -2.46. The molecule has 2 unspecified atom stereocenters. The fourth-order valence-electron chi connectivity index (χ4n) is 1.20. The van der Waals surface area contributed by atoms with Crippen molar-refractivity contribution in [1.82, 2.24) is 10.6 Å². The number of carbonyl (C=O) groups excluding carboxylic acids is 2. The Morgan fingerprint density at radius 3 is 2.53 bits per heavy atom. The number of hydrogen-bond acceptors (Lipinski definition) is 4. The standard InChI is InChI=1S/C11H23N3O3/c1-8(7-12)6-10(15)14-9(2)11(16)13-4-5-17-3/h8-9H,4-7,12H2,1-3H3,(H,13,16)(H,14,15). The van der Waals surface area contributed by atoms with Gasteiger partial charge in [-0.1, -0.05) is 6.92 Å². The maximum atomic E-state index is 11.5. The minimum absolute atomic E-state index is 0.124. The Bertz CT molecular complexity index is 246. The number of methoxy groups -OCH3 is 1. The number of nitrogens with two attached hydrogens (primary N) is 1. The zero-order chi connectivity index (χ0) is 13.3. The molecule has 2 amide bonds. The molecule has 0 aromatic heterocycles. The topological polar surface area (TPSA) is 93.5 Å². The molecule has 2 atom stereocenters. The number of rotatable bonds is 8. The first-order valence-electron chi connectivity index (χ1n) is 5.77. The molecule has 0 rings (SSSR count). The maximum Gasteiger partial charge on any atom is 0.242 e. The third-order valence-corrected chi connectivity index (χ3v) is 2.31. The lowest BCUT2D eigenvalue weighted by molar-refractivity contribution is -0.129.